The molecule has 1 aromatic rings. The summed E-state index contributed by atoms with van der Waals surface area (Å²) in [5, 5.41) is 3.57. The molecule has 1 heterocycles. The highest BCUT2D eigenvalue weighted by Crippen LogP contribution is 2.35. The molecule has 1 heteroatoms. The predicted octanol–water partition coefficient (Wildman–Crippen LogP) is 10.4. The van der Waals surface area contributed by atoms with Gasteiger partial charge in [0.1, 0.15) is 0 Å². The van der Waals surface area contributed by atoms with Crippen molar-refractivity contribution in [2.24, 2.45) is 5.92 Å². The van der Waals surface area contributed by atoms with Crippen molar-refractivity contribution in [3.63, 3.8) is 0 Å². The molecule has 1 saturated carbocycles. The van der Waals surface area contributed by atoms with Gasteiger partial charge >= 0.3 is 0 Å². The fourth-order valence-electron chi connectivity index (χ4n) is 4.66. The standard InChI is InChI=1S/C24H29N.C6H12.C4H10/c1-7-19-11-20(8-2)13-23-18(6)25-24(14-21(23)12-19)22-9-15(3)17(5)16(4)10-22;1-2-4-6-5-3-1;1-3-4-2/h9-14,23,25H,6-8H2,1-5H3;1-6H2;3-4H2,1-2H3. The maximum Gasteiger partial charge on any atom is 0.0458 e. The summed E-state index contributed by atoms with van der Waals surface area (Å²) in [5.41, 5.74) is 11.6. The van der Waals surface area contributed by atoms with Gasteiger partial charge in [-0.05, 0) is 85.2 Å². The van der Waals surface area contributed by atoms with Gasteiger partial charge in [-0.15, -0.1) is 0 Å². The Bertz CT molecular complexity index is 926. The summed E-state index contributed by atoms with van der Waals surface area (Å²) in [6, 6.07) is 4.55. The summed E-state index contributed by atoms with van der Waals surface area (Å²) in [7, 11) is 0. The number of aryl methyl sites for hydroxylation is 2. The molecule has 0 radical (unpaired) electrons. The number of nitrogens with one attached hydrogen (secondary N) is 1. The van der Waals surface area contributed by atoms with E-state index in [9.17, 15) is 0 Å². The van der Waals surface area contributed by atoms with E-state index in [1.807, 2.05) is 0 Å². The van der Waals surface area contributed by atoms with Crippen LogP contribution < -0.4 is 5.32 Å². The molecule has 1 N–H and O–H groups in total. The van der Waals surface area contributed by atoms with E-state index in [-0.39, 0.29) is 5.92 Å². The van der Waals surface area contributed by atoms with E-state index in [1.54, 1.807) is 0 Å². The van der Waals surface area contributed by atoms with Crippen LogP contribution in [0.4, 0.5) is 0 Å². The van der Waals surface area contributed by atoms with Gasteiger partial charge in [-0.2, -0.15) is 0 Å². The number of allylic oxidation sites excluding steroid dienone is 6. The minimum atomic E-state index is 0.256. The molecule has 0 bridgehead atoms. The Morgan fingerprint density at radius 2 is 1.26 bits per heavy atom. The molecule has 0 saturated heterocycles. The summed E-state index contributed by atoms with van der Waals surface area (Å²) in [5.74, 6) is 0.256. The molecule has 2 aliphatic carbocycles. The third-order valence-corrected chi connectivity index (χ3v) is 7.50. The maximum absolute atomic E-state index is 4.34. The van der Waals surface area contributed by atoms with Crippen LogP contribution in [-0.4, -0.2) is 0 Å². The molecular formula is C34H51N. The normalized spacial score (nSPS) is 19.2. The van der Waals surface area contributed by atoms with Crippen LogP contribution in [0.2, 0.25) is 0 Å². The van der Waals surface area contributed by atoms with Crippen molar-refractivity contribution in [3.8, 4) is 0 Å². The summed E-state index contributed by atoms with van der Waals surface area (Å²) in [6.45, 7) is 19.7. The molecule has 1 unspecified atom stereocenters. The summed E-state index contributed by atoms with van der Waals surface area (Å²) in [4.78, 5) is 0. The fourth-order valence-corrected chi connectivity index (χ4v) is 4.66. The quantitative estimate of drug-likeness (QED) is 0.458. The van der Waals surface area contributed by atoms with Gasteiger partial charge in [0, 0.05) is 17.3 Å². The highest BCUT2D eigenvalue weighted by molar-refractivity contribution is 5.73. The lowest BCUT2D eigenvalue weighted by Gasteiger charge is -2.27. The fraction of sp³-hybridized carbons (Fsp3) is 0.529. The third kappa shape index (κ3) is 8.71. The van der Waals surface area contributed by atoms with Gasteiger partial charge in [-0.3, -0.25) is 0 Å². The molecule has 1 atom stereocenters. The molecule has 4 rings (SSSR count). The lowest BCUT2D eigenvalue weighted by atomic mass is 9.88. The maximum atomic E-state index is 4.34. The third-order valence-electron chi connectivity index (χ3n) is 7.50. The molecule has 1 fully saturated rings. The van der Waals surface area contributed by atoms with Crippen LogP contribution in [-0.2, 0) is 0 Å². The van der Waals surface area contributed by atoms with Gasteiger partial charge in [0.25, 0.3) is 0 Å². The zero-order valence-electron chi connectivity index (χ0n) is 23.8. The Labute approximate surface area is 217 Å². The molecule has 0 aromatic heterocycles. The van der Waals surface area contributed by atoms with Crippen LogP contribution in [0.15, 0.2) is 65.4 Å². The van der Waals surface area contributed by atoms with Crippen LogP contribution >= 0.6 is 0 Å². The van der Waals surface area contributed by atoms with Crippen molar-refractivity contribution in [1.82, 2.24) is 5.32 Å². The predicted molar refractivity (Wildman–Crippen MR) is 158 cm³/mol. The number of hydrogen-bond acceptors (Lipinski definition) is 1. The van der Waals surface area contributed by atoms with Crippen molar-refractivity contribution in [3.05, 3.63) is 87.7 Å². The van der Waals surface area contributed by atoms with Crippen LogP contribution in [0.25, 0.3) is 5.70 Å². The SMILES string of the molecule is C1CCCCC1.C=C1NC(c2cc(C)c(C)c(C)c2)=CC2=CC(CC)=CC(CC)=CC12.CCCC. The van der Waals surface area contributed by atoms with E-state index < -0.39 is 0 Å². The van der Waals surface area contributed by atoms with Crippen molar-refractivity contribution in [2.45, 2.75) is 113 Å². The lowest BCUT2D eigenvalue weighted by molar-refractivity contribution is 0.504. The van der Waals surface area contributed by atoms with Crippen LogP contribution in [0.1, 0.15) is 114 Å². The summed E-state index contributed by atoms with van der Waals surface area (Å²) >= 11 is 0. The Morgan fingerprint density at radius 1 is 0.743 bits per heavy atom. The van der Waals surface area contributed by atoms with E-state index >= 15 is 0 Å². The van der Waals surface area contributed by atoms with Gasteiger partial charge in [-0.1, -0.05) is 109 Å². The first-order chi connectivity index (χ1) is 16.8. The smallest absolute Gasteiger partial charge is 0.0458 e. The van der Waals surface area contributed by atoms with E-state index in [4.69, 9.17) is 0 Å². The Morgan fingerprint density at radius 3 is 1.71 bits per heavy atom. The van der Waals surface area contributed by atoms with E-state index in [1.165, 1.54) is 90.3 Å². The molecule has 192 valence electrons. The minimum absolute atomic E-state index is 0.256. The van der Waals surface area contributed by atoms with Gasteiger partial charge in [0.2, 0.25) is 0 Å². The first kappa shape index (κ1) is 29.0. The summed E-state index contributed by atoms with van der Waals surface area (Å²) in [6.07, 6.45) is 23.1. The van der Waals surface area contributed by atoms with E-state index in [0.29, 0.717) is 0 Å². The van der Waals surface area contributed by atoms with Crippen LogP contribution in [0, 0.1) is 26.7 Å². The second-order valence-electron chi connectivity index (χ2n) is 10.4. The van der Waals surface area contributed by atoms with Crippen molar-refractivity contribution >= 4 is 5.70 Å². The topological polar surface area (TPSA) is 12.0 Å². The Balaban J connectivity index is 0.000000360. The first-order valence-electron chi connectivity index (χ1n) is 14.2. The second kappa shape index (κ2) is 15.0. The average Bonchev–Trinajstić information content (AvgIpc) is 3.08. The molecule has 1 aliphatic heterocycles. The average molecular weight is 474 g/mol. The van der Waals surface area contributed by atoms with Crippen LogP contribution in [0.5, 0.6) is 0 Å². The number of benzene rings is 1. The molecule has 1 aromatic carbocycles. The van der Waals surface area contributed by atoms with Gasteiger partial charge in [0.05, 0.1) is 0 Å². The zero-order chi connectivity index (χ0) is 25.8. The molecule has 35 heavy (non-hydrogen) atoms. The Hall–Kier alpha value is -2.28. The number of rotatable bonds is 4. The summed E-state index contributed by atoms with van der Waals surface area (Å²) < 4.78 is 0. The lowest BCUT2D eigenvalue weighted by Crippen LogP contribution is -2.23. The number of fused-ring (bicyclic) bond motifs is 1. The highest BCUT2D eigenvalue weighted by Gasteiger charge is 2.23. The minimum Gasteiger partial charge on any atom is -0.358 e. The number of hydrogen-bond donors (Lipinski definition) is 1. The monoisotopic (exact) mass is 473 g/mol. The largest absolute Gasteiger partial charge is 0.358 e. The zero-order valence-corrected chi connectivity index (χ0v) is 23.8. The molecular weight excluding hydrogens is 422 g/mol. The molecule has 3 aliphatic rings. The Kier molecular flexibility index (Phi) is 12.4. The van der Waals surface area contributed by atoms with Gasteiger partial charge in [0.15, 0.2) is 0 Å². The molecule has 0 amide bonds. The van der Waals surface area contributed by atoms with Crippen molar-refractivity contribution in [2.75, 3.05) is 0 Å². The highest BCUT2D eigenvalue weighted by atomic mass is 14.9. The van der Waals surface area contributed by atoms with E-state index in [0.717, 1.165) is 24.2 Å². The molecule has 0 spiro atoms. The van der Waals surface area contributed by atoms with Crippen molar-refractivity contribution in [1.29, 1.82) is 0 Å². The van der Waals surface area contributed by atoms with Gasteiger partial charge in [-0.25, -0.2) is 0 Å². The molecule has 1 nitrogen and oxygen atoms in total. The number of unbranched alkanes of at least 4 members (excludes halogenated alkanes) is 1. The first-order valence-corrected chi connectivity index (χ1v) is 14.2. The second-order valence-corrected chi connectivity index (χ2v) is 10.4. The van der Waals surface area contributed by atoms with Gasteiger partial charge < -0.3 is 5.32 Å². The van der Waals surface area contributed by atoms with Crippen LogP contribution in [0.3, 0.4) is 0 Å². The van der Waals surface area contributed by atoms with E-state index in [2.05, 4.69) is 96.8 Å². The van der Waals surface area contributed by atoms with Crippen molar-refractivity contribution < 1.29 is 0 Å².